The van der Waals surface area contributed by atoms with Gasteiger partial charge < -0.3 is 24.5 Å². The van der Waals surface area contributed by atoms with E-state index < -0.39 is 17.8 Å². The maximum atomic E-state index is 13.8. The van der Waals surface area contributed by atoms with E-state index in [1.165, 1.54) is 4.90 Å². The van der Waals surface area contributed by atoms with Crippen LogP contribution in [0.3, 0.4) is 0 Å². The Morgan fingerprint density at radius 3 is 2.69 bits per heavy atom. The minimum absolute atomic E-state index is 0.0242. The molecule has 2 aliphatic heterocycles. The van der Waals surface area contributed by atoms with E-state index in [-0.39, 0.29) is 37.3 Å². The van der Waals surface area contributed by atoms with Crippen LogP contribution in [0.25, 0.3) is 32.9 Å². The zero-order chi connectivity index (χ0) is 31.8. The van der Waals surface area contributed by atoms with E-state index in [0.717, 1.165) is 52.5 Å². The lowest BCUT2D eigenvalue weighted by Gasteiger charge is -2.41. The number of nitriles is 1. The minimum Gasteiger partial charge on any atom is -0.508 e. The largest absolute Gasteiger partial charge is 0.508 e. The molecule has 2 aromatic carbocycles. The van der Waals surface area contributed by atoms with Crippen molar-refractivity contribution >= 4 is 33.5 Å². The number of hydrogen-bond donors (Lipinski definition) is 1. The van der Waals surface area contributed by atoms with Gasteiger partial charge in [-0.1, -0.05) is 24.8 Å². The van der Waals surface area contributed by atoms with Crippen molar-refractivity contribution in [1.29, 1.82) is 5.26 Å². The Balaban J connectivity index is 1.46. The second-order valence-corrected chi connectivity index (χ2v) is 11.9. The van der Waals surface area contributed by atoms with Crippen molar-refractivity contribution in [3.8, 4) is 29.0 Å². The number of halogens is 1. The summed E-state index contributed by atoms with van der Waals surface area (Å²) in [6.07, 6.45) is 2.15. The monoisotopic (exact) mass is 609 g/mol. The van der Waals surface area contributed by atoms with Crippen molar-refractivity contribution in [3.05, 3.63) is 60.1 Å². The van der Waals surface area contributed by atoms with Gasteiger partial charge in [0.1, 0.15) is 17.9 Å². The molecule has 2 aromatic heterocycles. The summed E-state index contributed by atoms with van der Waals surface area (Å²) in [5, 5.41) is 22.1. The van der Waals surface area contributed by atoms with Gasteiger partial charge in [-0.2, -0.15) is 15.2 Å². The van der Waals surface area contributed by atoms with Gasteiger partial charge in [0, 0.05) is 36.9 Å². The predicted octanol–water partition coefficient (Wildman–Crippen LogP) is 5.05. The third kappa shape index (κ3) is 5.85. The maximum Gasteiger partial charge on any atom is 0.319 e. The van der Waals surface area contributed by atoms with Crippen LogP contribution in [0.1, 0.15) is 30.5 Å². The Labute approximate surface area is 261 Å². The topological polar surface area (TPSA) is 119 Å². The average molecular weight is 610 g/mol. The Hall–Kier alpha value is -4.82. The molecule has 0 saturated carbocycles. The van der Waals surface area contributed by atoms with Gasteiger partial charge in [-0.3, -0.25) is 4.79 Å². The van der Waals surface area contributed by atoms with E-state index in [2.05, 4.69) is 24.6 Å². The number of anilines is 1. The van der Waals surface area contributed by atoms with Crippen molar-refractivity contribution in [2.45, 2.75) is 45.2 Å². The molecule has 45 heavy (non-hydrogen) atoms. The highest BCUT2D eigenvalue weighted by Crippen LogP contribution is 2.38. The van der Waals surface area contributed by atoms with Crippen LogP contribution >= 0.6 is 0 Å². The number of hydrogen-bond acceptors (Lipinski definition) is 9. The molecule has 2 saturated heterocycles. The van der Waals surface area contributed by atoms with Crippen LogP contribution < -0.4 is 9.64 Å². The smallest absolute Gasteiger partial charge is 0.319 e. The number of rotatable bonds is 7. The van der Waals surface area contributed by atoms with Crippen molar-refractivity contribution < 1.29 is 19.0 Å². The molecule has 0 radical (unpaired) electrons. The third-order valence-electron chi connectivity index (χ3n) is 8.96. The lowest BCUT2D eigenvalue weighted by molar-refractivity contribution is -0.131. The average Bonchev–Trinajstić information content (AvgIpc) is 3.43. The van der Waals surface area contributed by atoms with Crippen molar-refractivity contribution in [2.24, 2.45) is 0 Å². The van der Waals surface area contributed by atoms with Crippen LogP contribution in [0.5, 0.6) is 11.8 Å². The number of amides is 1. The molecule has 1 N–H and O–H groups in total. The first-order valence-corrected chi connectivity index (χ1v) is 15.2. The van der Waals surface area contributed by atoms with Gasteiger partial charge in [-0.05, 0) is 80.4 Å². The quantitative estimate of drug-likeness (QED) is 0.287. The Morgan fingerprint density at radius 2 is 1.96 bits per heavy atom. The fraction of sp³-hybridized carbons (Fsp3) is 0.382. The lowest BCUT2D eigenvalue weighted by Crippen LogP contribution is -2.55. The van der Waals surface area contributed by atoms with E-state index in [0.29, 0.717) is 30.0 Å². The van der Waals surface area contributed by atoms with Gasteiger partial charge in [-0.25, -0.2) is 9.37 Å². The Morgan fingerprint density at radius 1 is 1.13 bits per heavy atom. The molecule has 2 atom stereocenters. The van der Waals surface area contributed by atoms with Gasteiger partial charge in [-0.15, -0.1) is 0 Å². The second-order valence-electron chi connectivity index (χ2n) is 11.9. The first-order valence-electron chi connectivity index (χ1n) is 15.2. The number of likely N-dealkylation sites (tertiary alicyclic amines) is 1. The number of aromatic nitrogens is 3. The van der Waals surface area contributed by atoms with Gasteiger partial charge in [0.2, 0.25) is 0 Å². The number of benzene rings is 2. The number of aryl methyl sites for hydroxylation is 2. The lowest BCUT2D eigenvalue weighted by atomic mass is 9.93. The van der Waals surface area contributed by atoms with Crippen molar-refractivity contribution in [1.82, 2.24) is 24.8 Å². The maximum absolute atomic E-state index is 13.8. The highest BCUT2D eigenvalue weighted by atomic mass is 19.1. The summed E-state index contributed by atoms with van der Waals surface area (Å²) >= 11 is 0. The molecular formula is C34H36FN7O3. The fourth-order valence-electron chi connectivity index (χ4n) is 6.60. The second kappa shape index (κ2) is 12.3. The summed E-state index contributed by atoms with van der Waals surface area (Å²) in [5.74, 6) is -1.18. The number of aromatic hydroxyl groups is 1. The number of pyridine rings is 1. The molecule has 4 heterocycles. The van der Waals surface area contributed by atoms with E-state index in [9.17, 15) is 19.6 Å². The van der Waals surface area contributed by atoms with Gasteiger partial charge in [0.05, 0.1) is 24.0 Å². The number of carbonyl (C=O) groups is 1. The van der Waals surface area contributed by atoms with Crippen molar-refractivity contribution in [2.75, 3.05) is 44.7 Å². The molecular weight excluding hydrogens is 573 g/mol. The first-order chi connectivity index (χ1) is 21.6. The van der Waals surface area contributed by atoms with E-state index >= 15 is 0 Å². The van der Waals surface area contributed by atoms with Gasteiger partial charge in [0.25, 0.3) is 5.91 Å². The number of fused-ring (bicyclic) bond motifs is 2. The summed E-state index contributed by atoms with van der Waals surface area (Å²) < 4.78 is 20.0. The fourth-order valence-corrected chi connectivity index (χ4v) is 6.60. The summed E-state index contributed by atoms with van der Waals surface area (Å²) in [5.41, 5.74) is 4.57. The summed E-state index contributed by atoms with van der Waals surface area (Å²) in [6, 6.07) is 13.5. The number of phenolic OH excluding ortho intramolecular Hbond substituents is 1. The molecule has 4 aromatic rings. The molecule has 6 rings (SSSR count). The first kappa shape index (κ1) is 30.2. The van der Waals surface area contributed by atoms with Crippen LogP contribution in [0.4, 0.5) is 10.2 Å². The van der Waals surface area contributed by atoms with Crippen LogP contribution in [-0.2, 0) is 4.79 Å². The highest BCUT2D eigenvalue weighted by molar-refractivity contribution is 6.02. The van der Waals surface area contributed by atoms with E-state index in [1.54, 1.807) is 12.1 Å². The number of piperazine rings is 1. The number of phenols is 1. The number of ether oxygens (including phenoxy) is 1. The van der Waals surface area contributed by atoms with E-state index in [1.807, 2.05) is 43.0 Å². The highest BCUT2D eigenvalue weighted by Gasteiger charge is 2.34. The molecule has 0 bridgehead atoms. The normalized spacial score (nSPS) is 18.8. The molecule has 2 fully saturated rings. The Bertz CT molecular complexity index is 1860. The summed E-state index contributed by atoms with van der Waals surface area (Å²) in [6.45, 7) is 9.35. The number of nitrogens with zero attached hydrogens (tertiary/aromatic N) is 7. The Kier molecular flexibility index (Phi) is 8.25. The van der Waals surface area contributed by atoms with Gasteiger partial charge >= 0.3 is 6.01 Å². The van der Waals surface area contributed by atoms with Crippen LogP contribution in [0.2, 0.25) is 0 Å². The zero-order valence-corrected chi connectivity index (χ0v) is 25.8. The SMILES string of the molecule is C=C(F)C(=O)N1CCN(c2nc(OCC3CCCN3C)nc3cc(-c4cc(O)cc5cccc(C)c45)c(C)nc23)C[C@@H]1CC#N. The molecule has 0 aliphatic carbocycles. The zero-order valence-electron chi connectivity index (χ0n) is 25.8. The van der Waals surface area contributed by atoms with Crippen molar-refractivity contribution in [3.63, 3.8) is 0 Å². The third-order valence-corrected chi connectivity index (χ3v) is 8.96. The predicted molar refractivity (Wildman–Crippen MR) is 171 cm³/mol. The van der Waals surface area contributed by atoms with Crippen LogP contribution in [-0.4, -0.2) is 87.7 Å². The minimum atomic E-state index is -1.05. The number of likely N-dealkylation sites (N-methyl/N-ethyl adjacent to an activating group) is 1. The number of carbonyl (C=O) groups excluding carboxylic acids is 1. The standard InChI is InChI=1S/C34H36FN7O3/c1-20-7-5-8-23-15-26(43)16-28(30(20)23)27-17-29-31(37-22(27)3)32(39-34(38-29)45-19-25-9-6-12-40(25)4)41-13-14-42(33(44)21(2)35)24(18-41)10-11-36/h5,7-8,15-17,24-25,43H,2,6,9-10,12-14,18-19H2,1,3-4H3/t24-,25?/m0/s1. The van der Waals surface area contributed by atoms with Crippen LogP contribution in [0.15, 0.2) is 48.8 Å². The van der Waals surface area contributed by atoms with Crippen LogP contribution in [0, 0.1) is 25.2 Å². The molecule has 1 amide bonds. The molecule has 2 aliphatic rings. The summed E-state index contributed by atoms with van der Waals surface area (Å²) in [4.78, 5) is 32.8. The van der Waals surface area contributed by atoms with Gasteiger partial charge in [0.15, 0.2) is 11.6 Å². The molecule has 11 heteroatoms. The molecule has 10 nitrogen and oxygen atoms in total. The molecule has 232 valence electrons. The summed E-state index contributed by atoms with van der Waals surface area (Å²) in [7, 11) is 2.08. The van der Waals surface area contributed by atoms with E-state index in [4.69, 9.17) is 19.7 Å². The molecule has 1 unspecified atom stereocenters. The molecule has 0 spiro atoms.